The second-order valence-corrected chi connectivity index (χ2v) is 10.1. The van der Waals surface area contributed by atoms with Crippen molar-refractivity contribution in [3.05, 3.63) is 40.2 Å². The van der Waals surface area contributed by atoms with E-state index in [1.54, 1.807) is 37.1 Å². The normalized spacial score (nSPS) is 16.0. The minimum atomic E-state index is -0.672. The van der Waals surface area contributed by atoms with Crippen LogP contribution >= 0.6 is 11.6 Å². The molecule has 12 nitrogen and oxygen atoms in total. The van der Waals surface area contributed by atoms with Crippen molar-refractivity contribution in [3.8, 4) is 28.4 Å². The molecule has 1 aliphatic heterocycles. The maximum atomic E-state index is 12.5. The van der Waals surface area contributed by atoms with Gasteiger partial charge in [0.15, 0.2) is 5.82 Å². The van der Waals surface area contributed by atoms with Crippen LogP contribution in [0.1, 0.15) is 23.9 Å². The van der Waals surface area contributed by atoms with Crippen molar-refractivity contribution in [1.29, 1.82) is 0 Å². The number of halogens is 1. The Labute approximate surface area is 244 Å². The van der Waals surface area contributed by atoms with Gasteiger partial charge in [-0.1, -0.05) is 16.8 Å². The largest absolute Gasteiger partial charge is 0.491 e. The monoisotopic (exact) mass is 588 g/mol. The molecule has 3 N–H and O–H groups in total. The topological polar surface area (TPSA) is 144 Å². The highest BCUT2D eigenvalue weighted by molar-refractivity contribution is 6.33. The van der Waals surface area contributed by atoms with Gasteiger partial charge in [-0.3, -0.25) is 4.90 Å². The summed E-state index contributed by atoms with van der Waals surface area (Å²) in [5, 5.41) is 20.9. The number of hydrogen-bond acceptors (Lipinski definition) is 11. The van der Waals surface area contributed by atoms with E-state index in [1.807, 2.05) is 20.8 Å². The molecule has 0 bridgehead atoms. The van der Waals surface area contributed by atoms with E-state index in [0.717, 1.165) is 11.1 Å². The number of ether oxygens (including phenoxy) is 3. The van der Waals surface area contributed by atoms with Gasteiger partial charge in [0.25, 0.3) is 0 Å². The summed E-state index contributed by atoms with van der Waals surface area (Å²) in [5.41, 5.74) is 3.43. The Morgan fingerprint density at radius 2 is 2.10 bits per heavy atom. The lowest BCUT2D eigenvalue weighted by Gasteiger charge is -2.35. The fourth-order valence-electron chi connectivity index (χ4n) is 4.61. The number of hydrogen-bond donors (Lipinski definition) is 3. The third-order valence-corrected chi connectivity index (χ3v) is 7.04. The van der Waals surface area contributed by atoms with E-state index in [4.69, 9.17) is 40.3 Å². The van der Waals surface area contributed by atoms with E-state index < -0.39 is 6.10 Å². The summed E-state index contributed by atoms with van der Waals surface area (Å²) in [6.07, 6.45) is -1.04. The van der Waals surface area contributed by atoms with Gasteiger partial charge in [0.2, 0.25) is 0 Å². The van der Waals surface area contributed by atoms with Crippen LogP contribution < -0.4 is 15.4 Å². The maximum absolute atomic E-state index is 12.5. The number of carbonyl (C=O) groups is 1. The van der Waals surface area contributed by atoms with Gasteiger partial charge in [0.1, 0.15) is 30.0 Å². The molecule has 0 aliphatic carbocycles. The van der Waals surface area contributed by atoms with Crippen LogP contribution in [-0.4, -0.2) is 96.5 Å². The van der Waals surface area contributed by atoms with E-state index in [1.165, 1.54) is 0 Å². The number of nitrogens with zero attached hydrogens (tertiary/aromatic N) is 4. The van der Waals surface area contributed by atoms with Crippen molar-refractivity contribution in [2.45, 2.75) is 39.8 Å². The standard InChI is InChI=1S/C28H37ClN6O6/c1-6-39-28(37)35-9-10-38-14-19(35)12-31-26-16(2)25(24-17(3)34-41-18(24)4)32-27(33-26)22-11-21(7-8-23(22)29)40-15-20(36)13-30-5/h7-8,11,19-20,30,36H,6,9-10,12-15H2,1-5H3,(H,31,32,33)/t19-,20-/m0/s1. The molecule has 1 saturated heterocycles. The van der Waals surface area contributed by atoms with E-state index in [2.05, 4.69) is 15.8 Å². The fraction of sp³-hybridized carbons (Fsp3) is 0.500. The average Bonchev–Trinajstić information content (AvgIpc) is 3.29. The summed E-state index contributed by atoms with van der Waals surface area (Å²) in [6.45, 7) is 9.81. The molecule has 2 aromatic heterocycles. The predicted molar refractivity (Wildman–Crippen MR) is 154 cm³/mol. The van der Waals surface area contributed by atoms with Crippen molar-refractivity contribution >= 4 is 23.5 Å². The molecule has 0 radical (unpaired) electrons. The number of morpholine rings is 1. The lowest BCUT2D eigenvalue weighted by molar-refractivity contribution is -0.00379. The number of benzene rings is 1. The van der Waals surface area contributed by atoms with Crippen LogP contribution in [0.25, 0.3) is 22.6 Å². The molecule has 1 amide bonds. The van der Waals surface area contributed by atoms with Crippen molar-refractivity contribution in [3.63, 3.8) is 0 Å². The Kier molecular flexibility index (Phi) is 10.4. The van der Waals surface area contributed by atoms with E-state index in [9.17, 15) is 9.90 Å². The van der Waals surface area contributed by atoms with Gasteiger partial charge in [-0.2, -0.15) is 0 Å². The van der Waals surface area contributed by atoms with Crippen molar-refractivity contribution in [1.82, 2.24) is 25.3 Å². The predicted octanol–water partition coefficient (Wildman–Crippen LogP) is 3.61. The first kappa shape index (κ1) is 30.5. The highest BCUT2D eigenvalue weighted by atomic mass is 35.5. The van der Waals surface area contributed by atoms with Crippen LogP contribution in [0.4, 0.5) is 10.6 Å². The molecule has 0 unspecified atom stereocenters. The Hall–Kier alpha value is -3.45. The number of amides is 1. The molecule has 1 aromatic carbocycles. The molecule has 1 fully saturated rings. The third kappa shape index (κ3) is 7.25. The third-order valence-electron chi connectivity index (χ3n) is 6.71. The Morgan fingerprint density at radius 1 is 1.29 bits per heavy atom. The Bertz CT molecular complexity index is 1330. The zero-order valence-electron chi connectivity index (χ0n) is 24.0. The number of aryl methyl sites for hydroxylation is 2. The minimum absolute atomic E-state index is 0.105. The zero-order chi connectivity index (χ0) is 29.5. The van der Waals surface area contributed by atoms with Gasteiger partial charge in [0.05, 0.1) is 47.8 Å². The lowest BCUT2D eigenvalue weighted by Crippen LogP contribution is -2.52. The molecule has 1 aliphatic rings. The van der Waals surface area contributed by atoms with Gasteiger partial charge < -0.3 is 34.5 Å². The summed E-state index contributed by atoms with van der Waals surface area (Å²) in [5.74, 6) is 2.06. The first-order chi connectivity index (χ1) is 19.7. The number of aromatic nitrogens is 3. The summed E-state index contributed by atoms with van der Waals surface area (Å²) in [6, 6.07) is 4.93. The smallest absolute Gasteiger partial charge is 0.410 e. The van der Waals surface area contributed by atoms with Crippen LogP contribution in [0.3, 0.4) is 0 Å². The highest BCUT2D eigenvalue weighted by Crippen LogP contribution is 2.36. The quantitative estimate of drug-likeness (QED) is 0.302. The SMILES string of the molecule is CCOC(=O)N1CCOC[C@@H]1CNc1nc(-c2cc(OC[C@@H](O)CNC)ccc2Cl)nc(-c2c(C)noc2C)c1C. The van der Waals surface area contributed by atoms with E-state index in [-0.39, 0.29) is 18.7 Å². The van der Waals surface area contributed by atoms with Crippen molar-refractivity contribution < 1.29 is 28.6 Å². The molecule has 0 spiro atoms. The first-order valence-corrected chi connectivity index (χ1v) is 13.9. The lowest BCUT2D eigenvalue weighted by atomic mass is 10.0. The molecule has 222 valence electrons. The maximum Gasteiger partial charge on any atom is 0.410 e. The number of nitrogens with one attached hydrogen (secondary N) is 2. The number of likely N-dealkylation sites (N-methyl/N-ethyl adjacent to an activating group) is 1. The summed E-state index contributed by atoms with van der Waals surface area (Å²) in [7, 11) is 1.76. The van der Waals surface area contributed by atoms with Crippen LogP contribution in [0.15, 0.2) is 22.7 Å². The van der Waals surface area contributed by atoms with E-state index >= 15 is 0 Å². The van der Waals surface area contributed by atoms with Gasteiger partial charge >= 0.3 is 6.09 Å². The second kappa shape index (κ2) is 13.9. The number of anilines is 1. The molecule has 3 aromatic rings. The zero-order valence-corrected chi connectivity index (χ0v) is 24.7. The Morgan fingerprint density at radius 3 is 2.80 bits per heavy atom. The number of carbonyl (C=O) groups excluding carboxylic acids is 1. The number of rotatable bonds is 11. The van der Waals surface area contributed by atoms with Crippen molar-refractivity contribution in [2.24, 2.45) is 0 Å². The molecule has 0 saturated carbocycles. The molecule has 13 heteroatoms. The van der Waals surface area contributed by atoms with Crippen LogP contribution in [0, 0.1) is 20.8 Å². The number of aliphatic hydroxyl groups is 1. The average molecular weight is 589 g/mol. The summed E-state index contributed by atoms with van der Waals surface area (Å²) in [4.78, 5) is 24.0. The minimum Gasteiger partial charge on any atom is -0.491 e. The second-order valence-electron chi connectivity index (χ2n) is 9.73. The fourth-order valence-corrected chi connectivity index (χ4v) is 4.81. The van der Waals surface area contributed by atoms with Crippen LogP contribution in [0.2, 0.25) is 5.02 Å². The molecular weight excluding hydrogens is 552 g/mol. The van der Waals surface area contributed by atoms with Crippen LogP contribution in [0.5, 0.6) is 5.75 Å². The molecular formula is C28H37ClN6O6. The molecule has 3 heterocycles. The van der Waals surface area contributed by atoms with E-state index in [0.29, 0.717) is 84.6 Å². The van der Waals surface area contributed by atoms with Gasteiger partial charge in [-0.05, 0) is 52.9 Å². The molecule has 4 rings (SSSR count). The van der Waals surface area contributed by atoms with Gasteiger partial charge in [0, 0.05) is 30.8 Å². The van der Waals surface area contributed by atoms with Gasteiger partial charge in [-0.15, -0.1) is 0 Å². The summed E-state index contributed by atoms with van der Waals surface area (Å²) < 4.78 is 22.2. The number of aliphatic hydroxyl groups excluding tert-OH is 1. The van der Waals surface area contributed by atoms with Crippen molar-refractivity contribution in [2.75, 3.05) is 58.4 Å². The first-order valence-electron chi connectivity index (χ1n) is 13.6. The molecule has 41 heavy (non-hydrogen) atoms. The molecule has 2 atom stereocenters. The van der Waals surface area contributed by atoms with Gasteiger partial charge in [-0.25, -0.2) is 14.8 Å². The summed E-state index contributed by atoms with van der Waals surface area (Å²) >= 11 is 6.64. The van der Waals surface area contributed by atoms with Crippen LogP contribution in [-0.2, 0) is 9.47 Å². The highest BCUT2D eigenvalue weighted by Gasteiger charge is 2.29. The Balaban J connectivity index is 1.70.